The largest absolute Gasteiger partial charge is 0.377 e. The van der Waals surface area contributed by atoms with Crippen molar-refractivity contribution >= 4 is 11.3 Å². The summed E-state index contributed by atoms with van der Waals surface area (Å²) in [6, 6.07) is 4.58. The Hall–Kier alpha value is -0.380. The van der Waals surface area contributed by atoms with Gasteiger partial charge in [-0.25, -0.2) is 0 Å². The lowest BCUT2D eigenvalue weighted by Gasteiger charge is -2.45. The van der Waals surface area contributed by atoms with Gasteiger partial charge in [-0.2, -0.15) is 0 Å². The lowest BCUT2D eigenvalue weighted by Crippen LogP contribution is -2.55. The first-order valence-corrected chi connectivity index (χ1v) is 6.90. The second kappa shape index (κ2) is 4.86. The Kier molecular flexibility index (Phi) is 3.67. The minimum Gasteiger partial charge on any atom is -0.377 e. The molecule has 0 bridgehead atoms. The first-order chi connectivity index (χ1) is 7.70. The molecule has 0 spiro atoms. The van der Waals surface area contributed by atoms with Crippen molar-refractivity contribution in [3.63, 3.8) is 0 Å². The molecule has 1 unspecified atom stereocenters. The van der Waals surface area contributed by atoms with Gasteiger partial charge in [0.2, 0.25) is 0 Å². The molecule has 0 radical (unpaired) electrons. The zero-order valence-electron chi connectivity index (χ0n) is 10.2. The molecule has 1 heterocycles. The van der Waals surface area contributed by atoms with E-state index in [4.69, 9.17) is 10.5 Å². The van der Waals surface area contributed by atoms with Crippen LogP contribution in [0.15, 0.2) is 12.1 Å². The SMILES string of the molecule is CCc1ccc(CC(N)C2(OC)CCC2)s1. The fraction of sp³-hybridized carbons (Fsp3) is 0.692. The van der Waals surface area contributed by atoms with Gasteiger partial charge >= 0.3 is 0 Å². The molecule has 1 aromatic rings. The number of hydrogen-bond donors (Lipinski definition) is 1. The molecule has 90 valence electrons. The highest BCUT2D eigenvalue weighted by Crippen LogP contribution is 2.38. The number of aryl methyl sites for hydroxylation is 1. The quantitative estimate of drug-likeness (QED) is 0.857. The number of rotatable bonds is 5. The molecule has 2 rings (SSSR count). The number of nitrogens with two attached hydrogens (primary N) is 1. The van der Waals surface area contributed by atoms with E-state index >= 15 is 0 Å². The molecule has 16 heavy (non-hydrogen) atoms. The summed E-state index contributed by atoms with van der Waals surface area (Å²) >= 11 is 1.89. The number of thiophene rings is 1. The van der Waals surface area contributed by atoms with Gasteiger partial charge < -0.3 is 10.5 Å². The summed E-state index contributed by atoms with van der Waals surface area (Å²) in [7, 11) is 1.80. The second-order valence-electron chi connectivity index (χ2n) is 4.65. The van der Waals surface area contributed by atoms with E-state index in [1.807, 2.05) is 11.3 Å². The normalized spacial score (nSPS) is 20.4. The van der Waals surface area contributed by atoms with Gasteiger partial charge in [0.1, 0.15) is 0 Å². The molecule has 0 saturated heterocycles. The molecule has 3 heteroatoms. The summed E-state index contributed by atoms with van der Waals surface area (Å²) in [6.07, 6.45) is 5.58. The highest BCUT2D eigenvalue weighted by molar-refractivity contribution is 7.11. The molecule has 1 atom stereocenters. The van der Waals surface area contributed by atoms with Gasteiger partial charge in [0, 0.05) is 22.9 Å². The Balaban J connectivity index is 1.98. The van der Waals surface area contributed by atoms with Gasteiger partial charge in [0.05, 0.1) is 5.60 Å². The zero-order valence-corrected chi connectivity index (χ0v) is 11.0. The minimum absolute atomic E-state index is 0.0314. The van der Waals surface area contributed by atoms with E-state index in [2.05, 4.69) is 19.1 Å². The van der Waals surface area contributed by atoms with Gasteiger partial charge in [-0.15, -0.1) is 11.3 Å². The van der Waals surface area contributed by atoms with Crippen LogP contribution in [0.25, 0.3) is 0 Å². The molecule has 1 aliphatic carbocycles. The molecule has 0 amide bonds. The maximum atomic E-state index is 6.29. The minimum atomic E-state index is -0.0314. The summed E-state index contributed by atoms with van der Waals surface area (Å²) in [6.45, 7) is 2.19. The van der Waals surface area contributed by atoms with E-state index in [0.29, 0.717) is 0 Å². The van der Waals surface area contributed by atoms with Crippen molar-refractivity contribution in [3.05, 3.63) is 21.9 Å². The Bertz CT molecular complexity index is 338. The fourth-order valence-electron chi connectivity index (χ4n) is 2.38. The van der Waals surface area contributed by atoms with E-state index in [1.165, 1.54) is 16.2 Å². The topological polar surface area (TPSA) is 35.2 Å². The third-order valence-electron chi connectivity index (χ3n) is 3.77. The molecule has 0 aliphatic heterocycles. The van der Waals surface area contributed by atoms with Crippen molar-refractivity contribution < 1.29 is 4.74 Å². The van der Waals surface area contributed by atoms with E-state index < -0.39 is 0 Å². The third kappa shape index (κ3) is 2.17. The van der Waals surface area contributed by atoms with Crippen LogP contribution >= 0.6 is 11.3 Å². The molecule has 1 fully saturated rings. The van der Waals surface area contributed by atoms with Gasteiger partial charge in [-0.1, -0.05) is 6.92 Å². The van der Waals surface area contributed by atoms with Crippen molar-refractivity contribution in [1.29, 1.82) is 0 Å². The standard InChI is InChI=1S/C13H21NOS/c1-3-10-5-6-11(16-10)9-12(14)13(15-2)7-4-8-13/h5-6,12H,3-4,7-9,14H2,1-2H3. The van der Waals surface area contributed by atoms with Crippen molar-refractivity contribution in [2.75, 3.05) is 7.11 Å². The van der Waals surface area contributed by atoms with Crippen molar-refractivity contribution in [2.24, 2.45) is 5.73 Å². The predicted molar refractivity (Wildman–Crippen MR) is 69.0 cm³/mol. The van der Waals surface area contributed by atoms with Crippen LogP contribution in [0.2, 0.25) is 0 Å². The highest BCUT2D eigenvalue weighted by Gasteiger charge is 2.42. The average Bonchev–Trinajstić information content (AvgIpc) is 2.64. The maximum absolute atomic E-state index is 6.29. The molecule has 1 aliphatic rings. The summed E-state index contributed by atoms with van der Waals surface area (Å²) in [4.78, 5) is 2.84. The van der Waals surface area contributed by atoms with Crippen LogP contribution < -0.4 is 5.73 Å². The zero-order chi connectivity index (χ0) is 11.6. The molecular weight excluding hydrogens is 218 g/mol. The van der Waals surface area contributed by atoms with Crippen molar-refractivity contribution in [1.82, 2.24) is 0 Å². The number of methoxy groups -OCH3 is 1. The molecule has 1 saturated carbocycles. The molecule has 0 aromatic carbocycles. The molecule has 2 nitrogen and oxygen atoms in total. The summed E-state index contributed by atoms with van der Waals surface area (Å²) in [5.41, 5.74) is 6.26. The lowest BCUT2D eigenvalue weighted by molar-refractivity contribution is -0.0895. The number of ether oxygens (including phenoxy) is 1. The van der Waals surface area contributed by atoms with Crippen LogP contribution in [-0.4, -0.2) is 18.8 Å². The van der Waals surface area contributed by atoms with Crippen LogP contribution in [0.4, 0.5) is 0 Å². The fourth-order valence-corrected chi connectivity index (χ4v) is 3.39. The van der Waals surface area contributed by atoms with Gasteiger partial charge in [0.25, 0.3) is 0 Å². The van der Waals surface area contributed by atoms with Crippen LogP contribution in [0.1, 0.15) is 35.9 Å². The van der Waals surface area contributed by atoms with E-state index in [-0.39, 0.29) is 11.6 Å². The van der Waals surface area contributed by atoms with Gasteiger partial charge in [0.15, 0.2) is 0 Å². The van der Waals surface area contributed by atoms with Crippen LogP contribution in [0.3, 0.4) is 0 Å². The third-order valence-corrected chi connectivity index (χ3v) is 5.02. The van der Waals surface area contributed by atoms with Crippen molar-refractivity contribution in [2.45, 2.75) is 50.7 Å². The Morgan fingerprint density at radius 2 is 2.12 bits per heavy atom. The van der Waals surface area contributed by atoms with E-state index in [0.717, 1.165) is 25.7 Å². The Morgan fingerprint density at radius 3 is 2.56 bits per heavy atom. The molecular formula is C13H21NOS. The van der Waals surface area contributed by atoms with E-state index in [1.54, 1.807) is 7.11 Å². The smallest absolute Gasteiger partial charge is 0.0832 e. The van der Waals surface area contributed by atoms with E-state index in [9.17, 15) is 0 Å². The van der Waals surface area contributed by atoms with Crippen LogP contribution in [-0.2, 0) is 17.6 Å². The first-order valence-electron chi connectivity index (χ1n) is 6.08. The van der Waals surface area contributed by atoms with Gasteiger partial charge in [-0.05, 0) is 44.2 Å². The average molecular weight is 239 g/mol. The van der Waals surface area contributed by atoms with Crippen LogP contribution in [0.5, 0.6) is 0 Å². The predicted octanol–water partition coefficient (Wildman–Crippen LogP) is 2.75. The Labute approximate surface area is 102 Å². The van der Waals surface area contributed by atoms with Crippen molar-refractivity contribution in [3.8, 4) is 0 Å². The Morgan fingerprint density at radius 1 is 1.44 bits per heavy atom. The summed E-state index contributed by atoms with van der Waals surface area (Å²) in [5.74, 6) is 0. The van der Waals surface area contributed by atoms with Gasteiger partial charge in [-0.3, -0.25) is 0 Å². The maximum Gasteiger partial charge on any atom is 0.0832 e. The monoisotopic (exact) mass is 239 g/mol. The second-order valence-corrected chi connectivity index (χ2v) is 5.91. The molecule has 2 N–H and O–H groups in total. The van der Waals surface area contributed by atoms with Crippen LogP contribution in [0, 0.1) is 0 Å². The molecule has 1 aromatic heterocycles. The number of hydrogen-bond acceptors (Lipinski definition) is 3. The summed E-state index contributed by atoms with van der Waals surface area (Å²) in [5, 5.41) is 0. The summed E-state index contributed by atoms with van der Waals surface area (Å²) < 4.78 is 5.62. The highest BCUT2D eigenvalue weighted by atomic mass is 32.1. The lowest BCUT2D eigenvalue weighted by atomic mass is 9.73. The first kappa shape index (κ1) is 12.1.